The van der Waals surface area contributed by atoms with Gasteiger partial charge in [-0.05, 0) is 31.6 Å². The summed E-state index contributed by atoms with van der Waals surface area (Å²) in [6.45, 7) is 0.923. The second kappa shape index (κ2) is 8.44. The third-order valence-electron chi connectivity index (χ3n) is 4.23. The van der Waals surface area contributed by atoms with Gasteiger partial charge in [0.2, 0.25) is 15.9 Å². The first-order valence-corrected chi connectivity index (χ1v) is 9.38. The van der Waals surface area contributed by atoms with Crippen molar-refractivity contribution in [2.75, 3.05) is 19.3 Å². The third-order valence-corrected chi connectivity index (χ3v) is 4.96. The summed E-state index contributed by atoms with van der Waals surface area (Å²) >= 11 is 0. The van der Waals surface area contributed by atoms with Gasteiger partial charge in [-0.2, -0.15) is 0 Å². The number of halogens is 1. The van der Waals surface area contributed by atoms with Crippen molar-refractivity contribution in [3.8, 4) is 0 Å². The lowest BCUT2D eigenvalue weighted by molar-refractivity contribution is -0.132. The van der Waals surface area contributed by atoms with E-state index in [0.717, 1.165) is 25.7 Å². The summed E-state index contributed by atoms with van der Waals surface area (Å²) in [7, 11) is -3.21. The smallest absolute Gasteiger partial charge is 0.249 e. The SMILES string of the molecule is CS(=O)(=O)NC1CCCC1CNC(=O)[C@@H]1CC[C@H](CN)O1.Cl. The molecule has 9 heteroatoms. The van der Waals surface area contributed by atoms with Crippen molar-refractivity contribution >= 4 is 28.3 Å². The molecule has 0 radical (unpaired) electrons. The largest absolute Gasteiger partial charge is 0.364 e. The number of hydrogen-bond donors (Lipinski definition) is 3. The Morgan fingerprint density at radius 3 is 2.59 bits per heavy atom. The van der Waals surface area contributed by atoms with Gasteiger partial charge < -0.3 is 15.8 Å². The number of nitrogens with one attached hydrogen (secondary N) is 2. The van der Waals surface area contributed by atoms with Crippen LogP contribution in [0.2, 0.25) is 0 Å². The van der Waals surface area contributed by atoms with Gasteiger partial charge in [-0.3, -0.25) is 4.79 Å². The molecule has 1 aliphatic carbocycles. The monoisotopic (exact) mass is 355 g/mol. The number of carbonyl (C=O) groups excluding carboxylic acids is 1. The minimum atomic E-state index is -3.21. The highest BCUT2D eigenvalue weighted by molar-refractivity contribution is 7.88. The van der Waals surface area contributed by atoms with E-state index < -0.39 is 16.1 Å². The van der Waals surface area contributed by atoms with E-state index in [4.69, 9.17) is 10.5 Å². The van der Waals surface area contributed by atoms with Crippen LogP contribution in [0.15, 0.2) is 0 Å². The first kappa shape index (κ1) is 19.6. The Balaban J connectivity index is 0.00000242. The Kier molecular flexibility index (Phi) is 7.54. The Morgan fingerprint density at radius 2 is 2.00 bits per heavy atom. The predicted octanol–water partition coefficient (Wildman–Crippen LogP) is -0.251. The molecule has 4 N–H and O–H groups in total. The molecule has 0 aromatic carbocycles. The maximum Gasteiger partial charge on any atom is 0.249 e. The van der Waals surface area contributed by atoms with Gasteiger partial charge in [0.15, 0.2) is 0 Å². The topological polar surface area (TPSA) is 111 Å². The second-order valence-electron chi connectivity index (χ2n) is 5.99. The van der Waals surface area contributed by atoms with Crippen LogP contribution in [0.3, 0.4) is 0 Å². The normalized spacial score (nSPS) is 31.7. The fourth-order valence-corrected chi connectivity index (χ4v) is 3.99. The van der Waals surface area contributed by atoms with Crippen LogP contribution in [0, 0.1) is 5.92 Å². The molecule has 2 aliphatic rings. The van der Waals surface area contributed by atoms with E-state index in [2.05, 4.69) is 10.0 Å². The molecule has 1 saturated carbocycles. The molecule has 0 spiro atoms. The van der Waals surface area contributed by atoms with Crippen molar-refractivity contribution in [1.82, 2.24) is 10.0 Å². The molecule has 2 fully saturated rings. The lowest BCUT2D eigenvalue weighted by Crippen LogP contribution is -2.43. The van der Waals surface area contributed by atoms with Gasteiger partial charge in [0.1, 0.15) is 6.10 Å². The maximum atomic E-state index is 12.0. The number of ether oxygens (including phenoxy) is 1. The van der Waals surface area contributed by atoms with Crippen LogP contribution in [0.4, 0.5) is 0 Å². The molecule has 7 nitrogen and oxygen atoms in total. The molecular formula is C13H26ClN3O4S. The van der Waals surface area contributed by atoms with Gasteiger partial charge in [-0.15, -0.1) is 12.4 Å². The minimum absolute atomic E-state index is 0. The third kappa shape index (κ3) is 5.66. The maximum absolute atomic E-state index is 12.0. The summed E-state index contributed by atoms with van der Waals surface area (Å²) < 4.78 is 30.8. The molecule has 0 aromatic rings. The molecule has 0 bridgehead atoms. The first-order valence-electron chi connectivity index (χ1n) is 7.49. The van der Waals surface area contributed by atoms with Gasteiger partial charge in [0, 0.05) is 19.1 Å². The van der Waals surface area contributed by atoms with Crippen LogP contribution in [0.25, 0.3) is 0 Å². The average molecular weight is 356 g/mol. The second-order valence-corrected chi connectivity index (χ2v) is 7.77. The van der Waals surface area contributed by atoms with E-state index in [1.54, 1.807) is 0 Å². The summed E-state index contributed by atoms with van der Waals surface area (Å²) in [6, 6.07) is -0.0819. The van der Waals surface area contributed by atoms with E-state index in [1.165, 1.54) is 6.26 Å². The van der Waals surface area contributed by atoms with Crippen molar-refractivity contribution in [3.63, 3.8) is 0 Å². The quantitative estimate of drug-likeness (QED) is 0.608. The molecule has 1 amide bonds. The molecule has 2 unspecified atom stereocenters. The lowest BCUT2D eigenvalue weighted by atomic mass is 10.0. The summed E-state index contributed by atoms with van der Waals surface area (Å²) in [5.74, 6) is 0.0336. The van der Waals surface area contributed by atoms with Crippen molar-refractivity contribution in [2.45, 2.75) is 50.4 Å². The summed E-state index contributed by atoms with van der Waals surface area (Å²) in [5.41, 5.74) is 5.52. The van der Waals surface area contributed by atoms with Crippen LogP contribution < -0.4 is 15.8 Å². The summed E-state index contributed by atoms with van der Waals surface area (Å²) in [5, 5.41) is 2.89. The summed E-state index contributed by atoms with van der Waals surface area (Å²) in [6.07, 6.45) is 4.96. The standard InChI is InChI=1S/C13H25N3O4S.ClH/c1-21(18,19)16-11-4-2-3-9(11)8-15-13(17)12-6-5-10(7-14)20-12;/h9-12,16H,2-8,14H2,1H3,(H,15,17);1H/t9?,10-,11?,12+;/m1./s1. The fraction of sp³-hybridized carbons (Fsp3) is 0.923. The Bertz CT molecular complexity index is 474. The lowest BCUT2D eigenvalue weighted by Gasteiger charge is -2.21. The zero-order chi connectivity index (χ0) is 15.5. The van der Waals surface area contributed by atoms with Gasteiger partial charge in [-0.25, -0.2) is 13.1 Å². The number of amides is 1. The zero-order valence-corrected chi connectivity index (χ0v) is 14.4. The molecule has 0 aromatic heterocycles. The highest BCUT2D eigenvalue weighted by Crippen LogP contribution is 2.26. The molecule has 1 aliphatic heterocycles. The van der Waals surface area contributed by atoms with E-state index in [1.807, 2.05) is 0 Å². The highest BCUT2D eigenvalue weighted by Gasteiger charge is 2.32. The number of hydrogen-bond acceptors (Lipinski definition) is 5. The van der Waals surface area contributed by atoms with Crippen LogP contribution >= 0.6 is 12.4 Å². The Morgan fingerprint density at radius 1 is 1.27 bits per heavy atom. The molecular weight excluding hydrogens is 330 g/mol. The Hall–Kier alpha value is -0.410. The minimum Gasteiger partial charge on any atom is -0.364 e. The van der Waals surface area contributed by atoms with Gasteiger partial charge >= 0.3 is 0 Å². The van der Waals surface area contributed by atoms with Crippen molar-refractivity contribution < 1.29 is 17.9 Å². The van der Waals surface area contributed by atoms with Gasteiger partial charge in [-0.1, -0.05) is 6.42 Å². The number of sulfonamides is 1. The van der Waals surface area contributed by atoms with Gasteiger partial charge in [0.05, 0.1) is 12.4 Å². The zero-order valence-electron chi connectivity index (χ0n) is 12.8. The van der Waals surface area contributed by atoms with Crippen molar-refractivity contribution in [3.05, 3.63) is 0 Å². The molecule has 1 heterocycles. The van der Waals surface area contributed by atoms with E-state index >= 15 is 0 Å². The number of carbonyl (C=O) groups is 1. The van der Waals surface area contributed by atoms with Crippen LogP contribution in [0.1, 0.15) is 32.1 Å². The first-order chi connectivity index (χ1) is 9.89. The molecule has 4 atom stereocenters. The van der Waals surface area contributed by atoms with E-state index in [-0.39, 0.29) is 36.4 Å². The predicted molar refractivity (Wildman–Crippen MR) is 86.3 cm³/mol. The van der Waals surface area contributed by atoms with E-state index in [0.29, 0.717) is 19.5 Å². The van der Waals surface area contributed by atoms with Crippen LogP contribution in [-0.4, -0.2) is 51.9 Å². The van der Waals surface area contributed by atoms with Crippen molar-refractivity contribution in [1.29, 1.82) is 0 Å². The molecule has 1 saturated heterocycles. The molecule has 2 rings (SSSR count). The molecule has 22 heavy (non-hydrogen) atoms. The van der Waals surface area contributed by atoms with Crippen LogP contribution in [-0.2, 0) is 19.6 Å². The summed E-state index contributed by atoms with van der Waals surface area (Å²) in [4.78, 5) is 12.0. The number of nitrogens with two attached hydrogens (primary N) is 1. The van der Waals surface area contributed by atoms with E-state index in [9.17, 15) is 13.2 Å². The highest BCUT2D eigenvalue weighted by atomic mass is 35.5. The van der Waals surface area contributed by atoms with Crippen LogP contribution in [0.5, 0.6) is 0 Å². The average Bonchev–Trinajstić information content (AvgIpc) is 3.03. The van der Waals surface area contributed by atoms with Gasteiger partial charge in [0.25, 0.3) is 0 Å². The Labute approximate surface area is 138 Å². The number of rotatable bonds is 6. The van der Waals surface area contributed by atoms with Crippen molar-refractivity contribution in [2.24, 2.45) is 11.7 Å². The fourth-order valence-electron chi connectivity index (χ4n) is 3.13. The molecule has 130 valence electrons.